The second kappa shape index (κ2) is 5.82. The van der Waals surface area contributed by atoms with Crippen molar-refractivity contribution in [2.24, 2.45) is 0 Å². The average Bonchev–Trinajstić information content (AvgIpc) is 2.28. The topological polar surface area (TPSA) is 49.3 Å². The van der Waals surface area contributed by atoms with E-state index in [-0.39, 0.29) is 0 Å². The standard InChI is InChI=1S/C14H21NO2/c1-4-9-14(3,13(16)17)15-10-12-7-5-11(2)6-8-12/h5-8,15H,4,9-10H2,1-3H3,(H,16,17). The number of aryl methyl sites for hydroxylation is 1. The van der Waals surface area contributed by atoms with Crippen molar-refractivity contribution in [3.63, 3.8) is 0 Å². The molecular formula is C14H21NO2. The Morgan fingerprint density at radius 2 is 1.94 bits per heavy atom. The van der Waals surface area contributed by atoms with Crippen molar-refractivity contribution in [1.29, 1.82) is 0 Å². The number of hydrogen-bond acceptors (Lipinski definition) is 2. The Hall–Kier alpha value is -1.35. The lowest BCUT2D eigenvalue weighted by atomic mass is 9.96. The van der Waals surface area contributed by atoms with Gasteiger partial charge < -0.3 is 5.11 Å². The summed E-state index contributed by atoms with van der Waals surface area (Å²) in [6.07, 6.45) is 1.48. The van der Waals surface area contributed by atoms with Crippen LogP contribution in [0, 0.1) is 6.92 Å². The van der Waals surface area contributed by atoms with E-state index in [2.05, 4.69) is 5.32 Å². The van der Waals surface area contributed by atoms with Crippen LogP contribution in [-0.2, 0) is 11.3 Å². The fourth-order valence-electron chi connectivity index (χ4n) is 1.77. The zero-order valence-electron chi connectivity index (χ0n) is 10.8. The second-order valence-electron chi connectivity index (χ2n) is 4.73. The quantitative estimate of drug-likeness (QED) is 0.797. The predicted octanol–water partition coefficient (Wildman–Crippen LogP) is 2.73. The molecule has 0 saturated heterocycles. The number of hydrogen-bond donors (Lipinski definition) is 2. The van der Waals surface area contributed by atoms with Gasteiger partial charge in [0.25, 0.3) is 0 Å². The Morgan fingerprint density at radius 1 is 1.35 bits per heavy atom. The van der Waals surface area contributed by atoms with Crippen LogP contribution in [0.15, 0.2) is 24.3 Å². The van der Waals surface area contributed by atoms with Gasteiger partial charge in [0, 0.05) is 6.54 Å². The van der Waals surface area contributed by atoms with Crippen molar-refractivity contribution in [3.8, 4) is 0 Å². The lowest BCUT2D eigenvalue weighted by molar-refractivity contribution is -0.144. The minimum absolute atomic E-state index is 0.586. The Morgan fingerprint density at radius 3 is 2.41 bits per heavy atom. The van der Waals surface area contributed by atoms with Gasteiger partial charge in [0.1, 0.15) is 5.54 Å². The van der Waals surface area contributed by atoms with E-state index in [1.165, 1.54) is 5.56 Å². The lowest BCUT2D eigenvalue weighted by Gasteiger charge is -2.26. The molecule has 94 valence electrons. The summed E-state index contributed by atoms with van der Waals surface area (Å²) in [5.41, 5.74) is 1.49. The monoisotopic (exact) mass is 235 g/mol. The zero-order valence-corrected chi connectivity index (χ0v) is 10.8. The minimum Gasteiger partial charge on any atom is -0.480 e. The fourth-order valence-corrected chi connectivity index (χ4v) is 1.77. The first-order valence-corrected chi connectivity index (χ1v) is 6.02. The zero-order chi connectivity index (χ0) is 12.9. The molecule has 17 heavy (non-hydrogen) atoms. The molecule has 0 aliphatic heterocycles. The van der Waals surface area contributed by atoms with Gasteiger partial charge in [-0.1, -0.05) is 43.2 Å². The summed E-state index contributed by atoms with van der Waals surface area (Å²) in [7, 11) is 0. The van der Waals surface area contributed by atoms with E-state index in [1.807, 2.05) is 38.1 Å². The predicted molar refractivity (Wildman–Crippen MR) is 69.0 cm³/mol. The van der Waals surface area contributed by atoms with Gasteiger partial charge in [-0.15, -0.1) is 0 Å². The molecule has 1 rings (SSSR count). The molecule has 1 atom stereocenters. The molecule has 0 fully saturated rings. The SMILES string of the molecule is CCCC(C)(NCc1ccc(C)cc1)C(=O)O. The molecular weight excluding hydrogens is 214 g/mol. The summed E-state index contributed by atoms with van der Waals surface area (Å²) in [5.74, 6) is -0.786. The Bertz CT molecular complexity index is 372. The molecule has 1 aromatic carbocycles. The molecule has 0 aromatic heterocycles. The van der Waals surface area contributed by atoms with E-state index in [0.29, 0.717) is 13.0 Å². The molecule has 1 aromatic rings. The second-order valence-corrected chi connectivity index (χ2v) is 4.73. The van der Waals surface area contributed by atoms with E-state index >= 15 is 0 Å². The van der Waals surface area contributed by atoms with Crippen molar-refractivity contribution in [1.82, 2.24) is 5.32 Å². The van der Waals surface area contributed by atoms with Crippen molar-refractivity contribution in [2.45, 2.75) is 45.7 Å². The molecule has 3 heteroatoms. The van der Waals surface area contributed by atoms with Crippen LogP contribution in [0.2, 0.25) is 0 Å². The van der Waals surface area contributed by atoms with Crippen LogP contribution >= 0.6 is 0 Å². The van der Waals surface area contributed by atoms with Gasteiger partial charge in [0.05, 0.1) is 0 Å². The Kier molecular flexibility index (Phi) is 4.70. The molecule has 0 aliphatic rings. The highest BCUT2D eigenvalue weighted by atomic mass is 16.4. The molecule has 0 spiro atoms. The van der Waals surface area contributed by atoms with Crippen LogP contribution in [-0.4, -0.2) is 16.6 Å². The molecule has 0 bridgehead atoms. The molecule has 3 nitrogen and oxygen atoms in total. The summed E-state index contributed by atoms with van der Waals surface area (Å²) < 4.78 is 0. The smallest absolute Gasteiger partial charge is 0.323 e. The van der Waals surface area contributed by atoms with Crippen LogP contribution in [0.4, 0.5) is 0 Å². The summed E-state index contributed by atoms with van der Waals surface area (Å²) >= 11 is 0. The summed E-state index contributed by atoms with van der Waals surface area (Å²) in [4.78, 5) is 11.2. The number of benzene rings is 1. The van der Waals surface area contributed by atoms with E-state index in [1.54, 1.807) is 6.92 Å². The maximum Gasteiger partial charge on any atom is 0.323 e. The van der Waals surface area contributed by atoms with Crippen molar-refractivity contribution < 1.29 is 9.90 Å². The number of carboxylic acid groups (broad SMARTS) is 1. The van der Waals surface area contributed by atoms with Gasteiger partial charge >= 0.3 is 5.97 Å². The molecule has 0 amide bonds. The van der Waals surface area contributed by atoms with E-state index < -0.39 is 11.5 Å². The molecule has 0 aliphatic carbocycles. The highest BCUT2D eigenvalue weighted by molar-refractivity contribution is 5.78. The van der Waals surface area contributed by atoms with Crippen molar-refractivity contribution >= 4 is 5.97 Å². The molecule has 0 saturated carbocycles. The molecule has 0 radical (unpaired) electrons. The maximum atomic E-state index is 11.2. The van der Waals surface area contributed by atoms with Gasteiger partial charge in [-0.05, 0) is 25.8 Å². The van der Waals surface area contributed by atoms with Gasteiger partial charge in [0.2, 0.25) is 0 Å². The van der Waals surface area contributed by atoms with Crippen LogP contribution in [0.3, 0.4) is 0 Å². The molecule has 0 heterocycles. The van der Waals surface area contributed by atoms with E-state index in [0.717, 1.165) is 12.0 Å². The van der Waals surface area contributed by atoms with Gasteiger partial charge in [-0.3, -0.25) is 10.1 Å². The minimum atomic E-state index is -0.834. The first-order valence-electron chi connectivity index (χ1n) is 6.02. The van der Waals surface area contributed by atoms with E-state index in [4.69, 9.17) is 0 Å². The molecule has 1 unspecified atom stereocenters. The third-order valence-electron chi connectivity index (χ3n) is 3.03. The van der Waals surface area contributed by atoms with E-state index in [9.17, 15) is 9.90 Å². The lowest BCUT2D eigenvalue weighted by Crippen LogP contribution is -2.48. The first kappa shape index (κ1) is 13.7. The first-order chi connectivity index (χ1) is 7.98. The number of carbonyl (C=O) groups is 1. The van der Waals surface area contributed by atoms with Crippen LogP contribution in [0.25, 0.3) is 0 Å². The largest absolute Gasteiger partial charge is 0.480 e. The van der Waals surface area contributed by atoms with Gasteiger partial charge in [0.15, 0.2) is 0 Å². The summed E-state index contributed by atoms with van der Waals surface area (Å²) in [6, 6.07) is 8.12. The van der Waals surface area contributed by atoms with Crippen molar-refractivity contribution in [3.05, 3.63) is 35.4 Å². The average molecular weight is 235 g/mol. The highest BCUT2D eigenvalue weighted by Gasteiger charge is 2.31. The van der Waals surface area contributed by atoms with Crippen LogP contribution < -0.4 is 5.32 Å². The summed E-state index contributed by atoms with van der Waals surface area (Å²) in [6.45, 7) is 6.36. The Balaban J connectivity index is 2.64. The van der Waals surface area contributed by atoms with Crippen molar-refractivity contribution in [2.75, 3.05) is 0 Å². The number of nitrogens with one attached hydrogen (secondary N) is 1. The number of aliphatic carboxylic acids is 1. The van der Waals surface area contributed by atoms with Gasteiger partial charge in [-0.2, -0.15) is 0 Å². The van der Waals surface area contributed by atoms with Crippen LogP contribution in [0.1, 0.15) is 37.8 Å². The molecule has 2 N–H and O–H groups in total. The third kappa shape index (κ3) is 3.86. The normalized spacial score (nSPS) is 14.3. The third-order valence-corrected chi connectivity index (χ3v) is 3.03. The maximum absolute atomic E-state index is 11.2. The number of rotatable bonds is 6. The van der Waals surface area contributed by atoms with Crippen LogP contribution in [0.5, 0.6) is 0 Å². The van der Waals surface area contributed by atoms with Gasteiger partial charge in [-0.25, -0.2) is 0 Å². The number of carboxylic acids is 1. The Labute approximate surface area is 103 Å². The summed E-state index contributed by atoms with van der Waals surface area (Å²) in [5, 5.41) is 12.4. The fraction of sp³-hybridized carbons (Fsp3) is 0.500. The highest BCUT2D eigenvalue weighted by Crippen LogP contribution is 2.14.